The zero-order valence-corrected chi connectivity index (χ0v) is 8.38. The van der Waals surface area contributed by atoms with Crippen LogP contribution in [0.3, 0.4) is 0 Å². The maximum Gasteiger partial charge on any atom is 0.294 e. The molecule has 1 aromatic heterocycles. The highest BCUT2D eigenvalue weighted by Crippen LogP contribution is 2.20. The molecule has 0 fully saturated rings. The number of aromatic nitrogens is 2. The average molecular weight is 221 g/mol. The molecule has 72 valence electrons. The van der Waals surface area contributed by atoms with Crippen molar-refractivity contribution in [1.29, 1.82) is 0 Å². The molecular weight excluding hydrogens is 214 g/mol. The van der Waals surface area contributed by atoms with E-state index in [4.69, 9.17) is 0 Å². The van der Waals surface area contributed by atoms with E-state index in [-0.39, 0.29) is 11.9 Å². The fraction of sp³-hybridized carbons (Fsp3) is 0.600. The SMILES string of the molecule is CC(CO[N+](=O)[O-])Sc1cnsn1. The lowest BCUT2D eigenvalue weighted by Crippen LogP contribution is -2.11. The fourth-order valence-corrected chi connectivity index (χ4v) is 1.93. The van der Waals surface area contributed by atoms with Crippen molar-refractivity contribution in [2.45, 2.75) is 17.2 Å². The summed E-state index contributed by atoms with van der Waals surface area (Å²) in [7, 11) is 0. The zero-order valence-electron chi connectivity index (χ0n) is 6.74. The van der Waals surface area contributed by atoms with Gasteiger partial charge in [0.05, 0.1) is 17.9 Å². The summed E-state index contributed by atoms with van der Waals surface area (Å²) < 4.78 is 7.76. The van der Waals surface area contributed by atoms with Gasteiger partial charge in [-0.25, -0.2) is 0 Å². The first-order valence-corrected chi connectivity index (χ1v) is 5.01. The van der Waals surface area contributed by atoms with Crippen LogP contribution >= 0.6 is 23.5 Å². The molecule has 6 nitrogen and oxygen atoms in total. The molecule has 0 amide bonds. The van der Waals surface area contributed by atoms with Crippen LogP contribution in [0.2, 0.25) is 0 Å². The molecule has 1 atom stereocenters. The third kappa shape index (κ3) is 4.04. The Morgan fingerprint density at radius 2 is 2.69 bits per heavy atom. The van der Waals surface area contributed by atoms with E-state index in [1.165, 1.54) is 11.8 Å². The monoisotopic (exact) mass is 221 g/mol. The second-order valence-corrected chi connectivity index (χ2v) is 4.21. The molecule has 0 aromatic carbocycles. The summed E-state index contributed by atoms with van der Waals surface area (Å²) in [5.41, 5.74) is 0. The molecule has 13 heavy (non-hydrogen) atoms. The molecule has 0 saturated heterocycles. The first-order chi connectivity index (χ1) is 6.18. The number of hydrogen-bond donors (Lipinski definition) is 0. The van der Waals surface area contributed by atoms with Gasteiger partial charge in [-0.2, -0.15) is 8.75 Å². The number of hydrogen-bond acceptors (Lipinski definition) is 7. The predicted molar refractivity (Wildman–Crippen MR) is 48.2 cm³/mol. The first kappa shape index (κ1) is 10.2. The van der Waals surface area contributed by atoms with Crippen molar-refractivity contribution < 1.29 is 9.92 Å². The van der Waals surface area contributed by atoms with Crippen LogP contribution in [0.4, 0.5) is 0 Å². The fourth-order valence-electron chi connectivity index (χ4n) is 0.614. The Kier molecular flexibility index (Phi) is 3.90. The maximum atomic E-state index is 9.85. The molecule has 0 aliphatic carbocycles. The standard InChI is InChI=1S/C5H7N3O3S2/c1-4(3-11-8(9)10)12-5-2-6-13-7-5/h2,4H,3H2,1H3. The van der Waals surface area contributed by atoms with Gasteiger partial charge < -0.3 is 4.84 Å². The summed E-state index contributed by atoms with van der Waals surface area (Å²) in [6.45, 7) is 1.89. The van der Waals surface area contributed by atoms with E-state index in [9.17, 15) is 10.1 Å². The number of thioether (sulfide) groups is 1. The lowest BCUT2D eigenvalue weighted by atomic mass is 10.5. The van der Waals surface area contributed by atoms with Crippen molar-refractivity contribution in [3.8, 4) is 0 Å². The third-order valence-electron chi connectivity index (χ3n) is 1.08. The second kappa shape index (κ2) is 4.97. The zero-order chi connectivity index (χ0) is 9.68. The average Bonchev–Trinajstić information content (AvgIpc) is 2.53. The summed E-state index contributed by atoms with van der Waals surface area (Å²) in [5.74, 6) is 0. The van der Waals surface area contributed by atoms with Crippen LogP contribution < -0.4 is 0 Å². The molecule has 0 radical (unpaired) electrons. The maximum absolute atomic E-state index is 9.85. The lowest BCUT2D eigenvalue weighted by molar-refractivity contribution is -0.757. The molecule has 0 aliphatic heterocycles. The van der Waals surface area contributed by atoms with E-state index < -0.39 is 5.09 Å². The van der Waals surface area contributed by atoms with Gasteiger partial charge in [0.15, 0.2) is 0 Å². The van der Waals surface area contributed by atoms with Gasteiger partial charge in [-0.1, -0.05) is 18.7 Å². The molecule has 1 rings (SSSR count). The highest BCUT2D eigenvalue weighted by molar-refractivity contribution is 7.99. The Hall–Kier alpha value is -0.890. The molecule has 8 heteroatoms. The van der Waals surface area contributed by atoms with Gasteiger partial charge >= 0.3 is 0 Å². The van der Waals surface area contributed by atoms with E-state index in [1.807, 2.05) is 6.92 Å². The van der Waals surface area contributed by atoms with Crippen molar-refractivity contribution in [3.05, 3.63) is 16.3 Å². The summed E-state index contributed by atoms with van der Waals surface area (Å²) in [5, 5.41) is 9.82. The van der Waals surface area contributed by atoms with E-state index in [0.717, 1.165) is 16.8 Å². The van der Waals surface area contributed by atoms with Crippen LogP contribution in [0.15, 0.2) is 11.2 Å². The Balaban J connectivity index is 2.25. The Bertz CT molecular complexity index is 266. The second-order valence-electron chi connectivity index (χ2n) is 2.19. The Morgan fingerprint density at radius 1 is 1.92 bits per heavy atom. The third-order valence-corrected chi connectivity index (χ3v) is 2.65. The molecule has 0 bridgehead atoms. The van der Waals surface area contributed by atoms with Gasteiger partial charge in [0.1, 0.15) is 11.6 Å². The highest BCUT2D eigenvalue weighted by atomic mass is 32.2. The van der Waals surface area contributed by atoms with Crippen molar-refractivity contribution in [3.63, 3.8) is 0 Å². The van der Waals surface area contributed by atoms with Crippen LogP contribution in [0.25, 0.3) is 0 Å². The topological polar surface area (TPSA) is 78.2 Å². The van der Waals surface area contributed by atoms with Crippen molar-refractivity contribution in [2.24, 2.45) is 0 Å². The molecular formula is C5H7N3O3S2. The van der Waals surface area contributed by atoms with Gasteiger partial charge in [0.2, 0.25) is 0 Å². The van der Waals surface area contributed by atoms with Crippen molar-refractivity contribution >= 4 is 23.5 Å². The van der Waals surface area contributed by atoms with Crippen molar-refractivity contribution in [1.82, 2.24) is 8.75 Å². The minimum atomic E-state index is -0.795. The molecule has 0 N–H and O–H groups in total. The summed E-state index contributed by atoms with van der Waals surface area (Å²) >= 11 is 2.51. The van der Waals surface area contributed by atoms with Gasteiger partial charge in [-0.05, 0) is 0 Å². The van der Waals surface area contributed by atoms with E-state index in [1.54, 1.807) is 6.20 Å². The largest absolute Gasteiger partial charge is 0.313 e. The van der Waals surface area contributed by atoms with Crippen LogP contribution in [-0.2, 0) is 4.84 Å². The van der Waals surface area contributed by atoms with Gasteiger partial charge in [0.25, 0.3) is 5.09 Å². The molecule has 1 unspecified atom stereocenters. The van der Waals surface area contributed by atoms with Crippen molar-refractivity contribution in [2.75, 3.05) is 6.61 Å². The van der Waals surface area contributed by atoms with E-state index >= 15 is 0 Å². The van der Waals surface area contributed by atoms with Crippen LogP contribution in [0.1, 0.15) is 6.92 Å². The van der Waals surface area contributed by atoms with Gasteiger partial charge in [-0.3, -0.25) is 0 Å². The molecule has 0 spiro atoms. The summed E-state index contributed by atoms with van der Waals surface area (Å²) in [4.78, 5) is 14.1. The Morgan fingerprint density at radius 3 is 3.23 bits per heavy atom. The minimum Gasteiger partial charge on any atom is -0.313 e. The molecule has 1 aromatic rings. The quantitative estimate of drug-likeness (QED) is 0.422. The van der Waals surface area contributed by atoms with Gasteiger partial charge in [-0.15, -0.1) is 10.1 Å². The van der Waals surface area contributed by atoms with Gasteiger partial charge in [0, 0.05) is 5.25 Å². The summed E-state index contributed by atoms with van der Waals surface area (Å²) in [6.07, 6.45) is 1.62. The molecule has 0 saturated carbocycles. The lowest BCUT2D eigenvalue weighted by Gasteiger charge is -2.05. The molecule has 0 aliphatic rings. The van der Waals surface area contributed by atoms with E-state index in [0.29, 0.717) is 0 Å². The van der Waals surface area contributed by atoms with Crippen LogP contribution in [0.5, 0.6) is 0 Å². The normalized spacial score (nSPS) is 12.4. The van der Waals surface area contributed by atoms with E-state index in [2.05, 4.69) is 13.6 Å². The number of rotatable bonds is 5. The first-order valence-electron chi connectivity index (χ1n) is 3.40. The summed E-state index contributed by atoms with van der Waals surface area (Å²) in [6, 6.07) is 0. The minimum absolute atomic E-state index is 0.00528. The van der Waals surface area contributed by atoms with Crippen LogP contribution in [0, 0.1) is 10.1 Å². The highest BCUT2D eigenvalue weighted by Gasteiger charge is 2.08. The Labute approximate surface area is 82.7 Å². The smallest absolute Gasteiger partial charge is 0.294 e. The van der Waals surface area contributed by atoms with Crippen LogP contribution in [-0.4, -0.2) is 25.7 Å². The number of nitrogens with zero attached hydrogens (tertiary/aromatic N) is 3. The predicted octanol–water partition coefficient (Wildman–Crippen LogP) is 1.23. The molecule has 1 heterocycles.